The van der Waals surface area contributed by atoms with Crippen molar-refractivity contribution in [1.29, 1.82) is 0 Å². The SMILES string of the molecule is ClC1=CCC(Cl)=C(Cl)C1. The third-order valence-corrected chi connectivity index (χ3v) is 2.25. The zero-order chi connectivity index (χ0) is 6.85. The topological polar surface area (TPSA) is 0 Å². The van der Waals surface area contributed by atoms with E-state index in [1.54, 1.807) is 0 Å². The normalized spacial score (nSPS) is 20.1. The molecule has 0 spiro atoms. The maximum absolute atomic E-state index is 5.68. The third-order valence-electron chi connectivity index (χ3n) is 1.12. The standard InChI is InChI=1S/C6H5Cl3/c7-4-1-2-5(8)6(9)3-4/h1H,2-3H2. The van der Waals surface area contributed by atoms with Crippen molar-refractivity contribution in [2.45, 2.75) is 12.8 Å². The smallest absolute Gasteiger partial charge is 0.0381 e. The van der Waals surface area contributed by atoms with Crippen LogP contribution in [-0.2, 0) is 0 Å². The van der Waals surface area contributed by atoms with E-state index in [1.807, 2.05) is 6.08 Å². The van der Waals surface area contributed by atoms with Crippen molar-refractivity contribution in [3.05, 3.63) is 21.2 Å². The summed E-state index contributed by atoms with van der Waals surface area (Å²) in [5, 5.41) is 2.16. The molecule has 0 atom stereocenters. The van der Waals surface area contributed by atoms with Crippen molar-refractivity contribution in [1.82, 2.24) is 0 Å². The van der Waals surface area contributed by atoms with Crippen LogP contribution in [0.25, 0.3) is 0 Å². The lowest BCUT2D eigenvalue weighted by atomic mass is 10.2. The van der Waals surface area contributed by atoms with Crippen LogP contribution in [0.5, 0.6) is 0 Å². The molecule has 0 aromatic heterocycles. The average molecular weight is 183 g/mol. The van der Waals surface area contributed by atoms with E-state index in [0.29, 0.717) is 22.9 Å². The van der Waals surface area contributed by atoms with E-state index in [2.05, 4.69) is 0 Å². The molecule has 0 heterocycles. The molecule has 0 aliphatic heterocycles. The minimum absolute atomic E-state index is 0.599. The van der Waals surface area contributed by atoms with Gasteiger partial charge in [0.2, 0.25) is 0 Å². The van der Waals surface area contributed by atoms with Crippen LogP contribution in [0.2, 0.25) is 0 Å². The van der Waals surface area contributed by atoms with Crippen LogP contribution < -0.4 is 0 Å². The monoisotopic (exact) mass is 182 g/mol. The van der Waals surface area contributed by atoms with E-state index in [9.17, 15) is 0 Å². The van der Waals surface area contributed by atoms with Gasteiger partial charge in [-0.05, 0) is 0 Å². The molecule has 0 saturated heterocycles. The first-order valence-corrected chi connectivity index (χ1v) is 3.71. The quantitative estimate of drug-likeness (QED) is 0.538. The van der Waals surface area contributed by atoms with Gasteiger partial charge in [0, 0.05) is 27.9 Å². The van der Waals surface area contributed by atoms with Gasteiger partial charge in [0.05, 0.1) is 0 Å². The summed E-state index contributed by atoms with van der Waals surface area (Å²) in [6, 6.07) is 0. The first kappa shape index (κ1) is 7.46. The molecule has 50 valence electrons. The summed E-state index contributed by atoms with van der Waals surface area (Å²) in [6.07, 6.45) is 3.15. The maximum atomic E-state index is 5.68. The summed E-state index contributed by atoms with van der Waals surface area (Å²) in [5.74, 6) is 0. The minimum Gasteiger partial charge on any atom is -0.0891 e. The molecule has 0 radical (unpaired) electrons. The van der Waals surface area contributed by atoms with E-state index in [0.717, 1.165) is 5.03 Å². The molecular weight excluding hydrogens is 178 g/mol. The fourth-order valence-electron chi connectivity index (χ4n) is 0.627. The molecule has 0 saturated carbocycles. The lowest BCUT2D eigenvalue weighted by Crippen LogP contribution is -1.86. The molecule has 0 amide bonds. The second-order valence-electron chi connectivity index (χ2n) is 1.84. The molecule has 0 bridgehead atoms. The number of rotatable bonds is 0. The van der Waals surface area contributed by atoms with Crippen molar-refractivity contribution in [3.63, 3.8) is 0 Å². The number of halogens is 3. The first-order valence-electron chi connectivity index (χ1n) is 2.57. The second-order valence-corrected chi connectivity index (χ2v) is 3.24. The zero-order valence-corrected chi connectivity index (χ0v) is 6.89. The lowest BCUT2D eigenvalue weighted by Gasteiger charge is -2.06. The lowest BCUT2D eigenvalue weighted by molar-refractivity contribution is 1.16. The van der Waals surface area contributed by atoms with Crippen LogP contribution in [0.4, 0.5) is 0 Å². The molecular formula is C6H5Cl3. The van der Waals surface area contributed by atoms with Crippen LogP contribution in [-0.4, -0.2) is 0 Å². The fraction of sp³-hybridized carbons (Fsp3) is 0.333. The van der Waals surface area contributed by atoms with Gasteiger partial charge in [0.1, 0.15) is 0 Å². The Hall–Kier alpha value is 0.350. The Bertz CT molecular complexity index is 179. The van der Waals surface area contributed by atoms with Crippen LogP contribution in [0.15, 0.2) is 21.2 Å². The number of allylic oxidation sites excluding steroid dienone is 4. The van der Waals surface area contributed by atoms with Crippen molar-refractivity contribution >= 4 is 34.8 Å². The highest BCUT2D eigenvalue weighted by atomic mass is 35.5. The summed E-state index contributed by atoms with van der Waals surface area (Å²) >= 11 is 17.0. The summed E-state index contributed by atoms with van der Waals surface area (Å²) in [5.41, 5.74) is 0. The molecule has 1 aliphatic rings. The Balaban J connectivity index is 2.70. The molecule has 9 heavy (non-hydrogen) atoms. The molecule has 3 heteroatoms. The van der Waals surface area contributed by atoms with Crippen molar-refractivity contribution < 1.29 is 0 Å². The Morgan fingerprint density at radius 2 is 1.78 bits per heavy atom. The highest BCUT2D eigenvalue weighted by Crippen LogP contribution is 2.30. The second kappa shape index (κ2) is 2.96. The fourth-order valence-corrected chi connectivity index (χ4v) is 1.27. The van der Waals surface area contributed by atoms with Crippen LogP contribution in [0.3, 0.4) is 0 Å². The van der Waals surface area contributed by atoms with Gasteiger partial charge in [-0.2, -0.15) is 0 Å². The Morgan fingerprint density at radius 1 is 1.11 bits per heavy atom. The molecule has 0 aromatic rings. The number of hydrogen-bond acceptors (Lipinski definition) is 0. The van der Waals surface area contributed by atoms with Gasteiger partial charge in [-0.15, -0.1) is 0 Å². The van der Waals surface area contributed by atoms with Crippen LogP contribution in [0.1, 0.15) is 12.8 Å². The molecule has 0 unspecified atom stereocenters. The maximum Gasteiger partial charge on any atom is 0.0381 e. The Morgan fingerprint density at radius 3 is 2.22 bits per heavy atom. The summed E-state index contributed by atoms with van der Waals surface area (Å²) in [6.45, 7) is 0. The summed E-state index contributed by atoms with van der Waals surface area (Å²) in [7, 11) is 0. The predicted molar refractivity (Wildman–Crippen MR) is 41.9 cm³/mol. The van der Waals surface area contributed by atoms with Gasteiger partial charge in [0.15, 0.2) is 0 Å². The van der Waals surface area contributed by atoms with E-state index >= 15 is 0 Å². The van der Waals surface area contributed by atoms with Gasteiger partial charge < -0.3 is 0 Å². The van der Waals surface area contributed by atoms with Crippen molar-refractivity contribution in [2.24, 2.45) is 0 Å². The van der Waals surface area contributed by atoms with Crippen molar-refractivity contribution in [2.75, 3.05) is 0 Å². The zero-order valence-electron chi connectivity index (χ0n) is 4.63. The van der Waals surface area contributed by atoms with E-state index in [-0.39, 0.29) is 0 Å². The highest BCUT2D eigenvalue weighted by Gasteiger charge is 2.07. The van der Waals surface area contributed by atoms with Gasteiger partial charge in [-0.3, -0.25) is 0 Å². The van der Waals surface area contributed by atoms with Gasteiger partial charge in [-0.25, -0.2) is 0 Å². The average Bonchev–Trinajstić information content (AvgIpc) is 1.80. The van der Waals surface area contributed by atoms with Crippen LogP contribution >= 0.6 is 34.8 Å². The third kappa shape index (κ3) is 1.89. The van der Waals surface area contributed by atoms with E-state index < -0.39 is 0 Å². The highest BCUT2D eigenvalue weighted by molar-refractivity contribution is 6.41. The molecule has 0 fully saturated rings. The Labute approximate surface area is 69.1 Å². The minimum atomic E-state index is 0.599. The van der Waals surface area contributed by atoms with Crippen molar-refractivity contribution in [3.8, 4) is 0 Å². The molecule has 1 aliphatic carbocycles. The molecule has 0 N–H and O–H groups in total. The van der Waals surface area contributed by atoms with E-state index in [1.165, 1.54) is 0 Å². The largest absolute Gasteiger partial charge is 0.0891 e. The molecule has 1 rings (SSSR count). The summed E-state index contributed by atoms with van der Waals surface area (Å²) in [4.78, 5) is 0. The predicted octanol–water partition coefficient (Wildman–Crippen LogP) is 3.59. The van der Waals surface area contributed by atoms with Gasteiger partial charge in [-0.1, -0.05) is 40.9 Å². The van der Waals surface area contributed by atoms with Crippen LogP contribution in [0, 0.1) is 0 Å². The van der Waals surface area contributed by atoms with Gasteiger partial charge >= 0.3 is 0 Å². The van der Waals surface area contributed by atoms with E-state index in [4.69, 9.17) is 34.8 Å². The molecule has 0 aromatic carbocycles. The number of hydrogen-bond donors (Lipinski definition) is 0. The van der Waals surface area contributed by atoms with Gasteiger partial charge in [0.25, 0.3) is 0 Å². The summed E-state index contributed by atoms with van der Waals surface area (Å²) < 4.78 is 0. The first-order chi connectivity index (χ1) is 4.20. The molecule has 0 nitrogen and oxygen atoms in total. The Kier molecular flexibility index (Phi) is 2.45.